The van der Waals surface area contributed by atoms with Crippen molar-refractivity contribution in [2.45, 2.75) is 62.7 Å². The summed E-state index contributed by atoms with van der Waals surface area (Å²) in [6.45, 7) is 3.35. The first-order valence-electron chi connectivity index (χ1n) is 9.40. The lowest BCUT2D eigenvalue weighted by Crippen LogP contribution is -2.62. The Morgan fingerprint density at radius 3 is 2.57 bits per heavy atom. The van der Waals surface area contributed by atoms with E-state index in [4.69, 9.17) is 18.6 Å². The highest BCUT2D eigenvalue weighted by molar-refractivity contribution is 5.79. The van der Waals surface area contributed by atoms with E-state index in [0.29, 0.717) is 17.8 Å². The molecule has 4 rings (SSSR count). The summed E-state index contributed by atoms with van der Waals surface area (Å²) in [5.74, 6) is -0.972. The topological polar surface area (TPSA) is 156 Å². The molecule has 0 amide bonds. The number of benzene rings is 1. The first-order chi connectivity index (χ1) is 14.1. The molecule has 0 radical (unpaired) electrons. The van der Waals surface area contributed by atoms with Gasteiger partial charge in [0.15, 0.2) is 12.4 Å². The third-order valence-corrected chi connectivity index (χ3v) is 5.49. The van der Waals surface area contributed by atoms with Crippen molar-refractivity contribution in [2.75, 3.05) is 0 Å². The SMILES string of the molecule is CC(C)(OC1OC(C(=O)O)C(O)C(O)C1O)C1Cc2cc3ccc(=O)oc3cc2O1. The lowest BCUT2D eigenvalue weighted by molar-refractivity contribution is -0.323. The summed E-state index contributed by atoms with van der Waals surface area (Å²) in [5.41, 5.74) is -0.309. The molecular formula is C20H22O10. The Bertz CT molecular complexity index is 1030. The number of ether oxygens (including phenoxy) is 3. The van der Waals surface area contributed by atoms with Crippen molar-refractivity contribution >= 4 is 16.9 Å². The van der Waals surface area contributed by atoms with Gasteiger partial charge in [-0.2, -0.15) is 0 Å². The smallest absolute Gasteiger partial charge is 0.336 e. The molecule has 6 unspecified atom stereocenters. The molecule has 2 aliphatic heterocycles. The van der Waals surface area contributed by atoms with Crippen LogP contribution in [-0.2, 0) is 20.7 Å². The summed E-state index contributed by atoms with van der Waals surface area (Å²) in [7, 11) is 0. The maximum Gasteiger partial charge on any atom is 0.336 e. The summed E-state index contributed by atoms with van der Waals surface area (Å²) in [6, 6.07) is 6.45. The third kappa shape index (κ3) is 3.57. The second-order valence-corrected chi connectivity index (χ2v) is 8.02. The second-order valence-electron chi connectivity index (χ2n) is 8.02. The van der Waals surface area contributed by atoms with Crippen molar-refractivity contribution in [3.63, 3.8) is 0 Å². The number of hydrogen-bond donors (Lipinski definition) is 4. The Morgan fingerprint density at radius 2 is 1.87 bits per heavy atom. The zero-order valence-electron chi connectivity index (χ0n) is 16.2. The van der Waals surface area contributed by atoms with Crippen LogP contribution in [0.4, 0.5) is 0 Å². The fourth-order valence-corrected chi connectivity index (χ4v) is 3.72. The summed E-state index contributed by atoms with van der Waals surface area (Å²) in [4.78, 5) is 22.7. The van der Waals surface area contributed by atoms with Gasteiger partial charge in [-0.1, -0.05) is 0 Å². The van der Waals surface area contributed by atoms with Crippen LogP contribution in [0.25, 0.3) is 11.0 Å². The number of aliphatic carboxylic acids is 1. The monoisotopic (exact) mass is 422 g/mol. The molecule has 10 heteroatoms. The summed E-state index contributed by atoms with van der Waals surface area (Å²) in [6.07, 6.45) is -8.56. The van der Waals surface area contributed by atoms with E-state index in [1.807, 2.05) is 6.07 Å². The predicted molar refractivity (Wildman–Crippen MR) is 100 cm³/mol. The van der Waals surface area contributed by atoms with Gasteiger partial charge in [-0.25, -0.2) is 9.59 Å². The number of carbonyl (C=O) groups is 1. The van der Waals surface area contributed by atoms with Crippen molar-refractivity contribution in [2.24, 2.45) is 0 Å². The Morgan fingerprint density at radius 1 is 1.13 bits per heavy atom. The number of fused-ring (bicyclic) bond motifs is 2. The molecule has 1 fully saturated rings. The van der Waals surface area contributed by atoms with Crippen molar-refractivity contribution in [3.05, 3.63) is 40.2 Å². The van der Waals surface area contributed by atoms with Crippen LogP contribution in [0.5, 0.6) is 5.75 Å². The molecule has 2 aliphatic rings. The Hall–Kier alpha value is -2.50. The lowest BCUT2D eigenvalue weighted by Gasteiger charge is -2.42. The summed E-state index contributed by atoms with van der Waals surface area (Å²) >= 11 is 0. The van der Waals surface area contributed by atoms with Gasteiger partial charge in [-0.15, -0.1) is 0 Å². The first kappa shape index (κ1) is 20.8. The van der Waals surface area contributed by atoms with Gasteiger partial charge >= 0.3 is 11.6 Å². The van der Waals surface area contributed by atoms with E-state index < -0.39 is 54.0 Å². The number of aliphatic hydroxyl groups is 3. The number of carboxylic acids is 1. The normalized spacial score (nSPS) is 31.4. The Balaban J connectivity index is 1.54. The maximum absolute atomic E-state index is 11.4. The fourth-order valence-electron chi connectivity index (χ4n) is 3.72. The van der Waals surface area contributed by atoms with Gasteiger partial charge in [-0.3, -0.25) is 0 Å². The molecule has 4 N–H and O–H groups in total. The van der Waals surface area contributed by atoms with E-state index in [9.17, 15) is 30.0 Å². The first-order valence-corrected chi connectivity index (χ1v) is 9.40. The molecule has 10 nitrogen and oxygen atoms in total. The average Bonchev–Trinajstić information content (AvgIpc) is 3.10. The zero-order chi connectivity index (χ0) is 21.8. The summed E-state index contributed by atoms with van der Waals surface area (Å²) in [5, 5.41) is 39.9. The molecule has 0 saturated carbocycles. The van der Waals surface area contributed by atoms with Crippen LogP contribution in [-0.4, -0.2) is 68.8 Å². The lowest BCUT2D eigenvalue weighted by atomic mass is 9.95. The van der Waals surface area contributed by atoms with E-state index in [0.717, 1.165) is 10.9 Å². The maximum atomic E-state index is 11.4. The number of carboxylic acid groups (broad SMARTS) is 1. The van der Waals surface area contributed by atoms with Gasteiger partial charge in [0.1, 0.15) is 41.3 Å². The van der Waals surface area contributed by atoms with Crippen LogP contribution in [0.1, 0.15) is 19.4 Å². The molecule has 30 heavy (non-hydrogen) atoms. The standard InChI is InChI=1S/C20H22O10/c1-20(2,30-19-16(24)14(22)15(23)17(29-19)18(25)26)12-6-9-5-8-3-4-13(21)28-10(8)7-11(9)27-12/h3-5,7,12,14-17,19,22-24H,6H2,1-2H3,(H,25,26). The minimum Gasteiger partial charge on any atom is -0.487 e. The molecule has 1 aromatic carbocycles. The number of rotatable bonds is 4. The van der Waals surface area contributed by atoms with Crippen LogP contribution in [0, 0.1) is 0 Å². The van der Waals surface area contributed by atoms with E-state index in [2.05, 4.69) is 0 Å². The van der Waals surface area contributed by atoms with E-state index >= 15 is 0 Å². The van der Waals surface area contributed by atoms with Gasteiger partial charge in [0.25, 0.3) is 0 Å². The average molecular weight is 422 g/mol. The molecular weight excluding hydrogens is 400 g/mol. The minimum atomic E-state index is -1.80. The second kappa shape index (κ2) is 7.33. The number of aliphatic hydroxyl groups excluding tert-OH is 3. The predicted octanol–water partition coefficient (Wildman–Crippen LogP) is -0.216. The van der Waals surface area contributed by atoms with Crippen molar-refractivity contribution in [1.29, 1.82) is 0 Å². The van der Waals surface area contributed by atoms with Crippen LogP contribution < -0.4 is 10.4 Å². The summed E-state index contributed by atoms with van der Waals surface area (Å²) < 4.78 is 22.2. The highest BCUT2D eigenvalue weighted by Crippen LogP contribution is 2.38. The van der Waals surface area contributed by atoms with Crippen LogP contribution >= 0.6 is 0 Å². The molecule has 0 aliphatic carbocycles. The largest absolute Gasteiger partial charge is 0.487 e. The van der Waals surface area contributed by atoms with Crippen molar-refractivity contribution in [1.82, 2.24) is 0 Å². The molecule has 162 valence electrons. The van der Waals surface area contributed by atoms with Gasteiger partial charge in [0, 0.05) is 23.9 Å². The van der Waals surface area contributed by atoms with Gasteiger partial charge in [0.2, 0.25) is 0 Å². The van der Waals surface area contributed by atoms with E-state index in [1.165, 1.54) is 6.07 Å². The zero-order valence-corrected chi connectivity index (χ0v) is 16.2. The molecule has 6 atom stereocenters. The van der Waals surface area contributed by atoms with Crippen LogP contribution in [0.2, 0.25) is 0 Å². The van der Waals surface area contributed by atoms with Crippen molar-refractivity contribution in [3.8, 4) is 5.75 Å². The van der Waals surface area contributed by atoms with Gasteiger partial charge in [-0.05, 0) is 31.5 Å². The molecule has 0 spiro atoms. The molecule has 2 aromatic rings. The third-order valence-electron chi connectivity index (χ3n) is 5.49. The Kier molecular flexibility index (Phi) is 5.07. The van der Waals surface area contributed by atoms with Gasteiger partial charge < -0.3 is 39.1 Å². The fraction of sp³-hybridized carbons (Fsp3) is 0.500. The van der Waals surface area contributed by atoms with Crippen LogP contribution in [0.3, 0.4) is 0 Å². The van der Waals surface area contributed by atoms with Gasteiger partial charge in [0.05, 0.1) is 0 Å². The molecule has 1 saturated heterocycles. The molecule has 0 bridgehead atoms. The highest BCUT2D eigenvalue weighted by Gasteiger charge is 2.50. The Labute approximate surface area is 170 Å². The van der Waals surface area contributed by atoms with Crippen LogP contribution in [0.15, 0.2) is 33.5 Å². The quantitative estimate of drug-likeness (QED) is 0.486. The van der Waals surface area contributed by atoms with E-state index in [1.54, 1.807) is 26.0 Å². The number of hydrogen-bond acceptors (Lipinski definition) is 9. The van der Waals surface area contributed by atoms with E-state index in [-0.39, 0.29) is 0 Å². The van der Waals surface area contributed by atoms with Crippen molar-refractivity contribution < 1.29 is 43.8 Å². The molecule has 3 heterocycles. The highest BCUT2D eigenvalue weighted by atomic mass is 16.7. The minimum absolute atomic E-state index is 0.382. The molecule has 1 aromatic heterocycles.